The largest absolute Gasteiger partial charge is 0.481 e. The summed E-state index contributed by atoms with van der Waals surface area (Å²) in [4.78, 5) is 16.7. The third-order valence-corrected chi connectivity index (χ3v) is 6.90. The minimum absolute atomic E-state index is 0.0147. The van der Waals surface area contributed by atoms with Crippen molar-refractivity contribution in [3.63, 3.8) is 0 Å². The molecule has 8 nitrogen and oxygen atoms in total. The minimum Gasteiger partial charge on any atom is -0.481 e. The monoisotopic (exact) mass is 446 g/mol. The molecule has 8 heteroatoms. The lowest BCUT2D eigenvalue weighted by molar-refractivity contribution is -0.170. The van der Waals surface area contributed by atoms with Crippen LogP contribution in [0.4, 0.5) is 5.69 Å². The van der Waals surface area contributed by atoms with Gasteiger partial charge in [0, 0.05) is 13.2 Å². The Hall–Kier alpha value is -2.16. The number of rotatable bonds is 9. The number of ether oxygens (including phenoxy) is 5. The van der Waals surface area contributed by atoms with Crippen molar-refractivity contribution in [1.82, 2.24) is 4.98 Å². The van der Waals surface area contributed by atoms with Crippen LogP contribution in [0.15, 0.2) is 30.0 Å². The highest BCUT2D eigenvalue weighted by atomic mass is 16.6. The number of anilines is 1. The lowest BCUT2D eigenvalue weighted by Crippen LogP contribution is -2.55. The summed E-state index contributed by atoms with van der Waals surface area (Å²) in [5.41, 5.74) is 1.42. The number of allylic oxidation sites excluding steroid dienone is 1. The Kier molecular flexibility index (Phi) is 6.47. The molecule has 6 atom stereocenters. The molecule has 2 saturated heterocycles. The van der Waals surface area contributed by atoms with Crippen LogP contribution in [-0.4, -0.2) is 67.8 Å². The molecule has 4 rings (SSSR count). The number of epoxide rings is 2. The Morgan fingerprint density at radius 1 is 1.34 bits per heavy atom. The van der Waals surface area contributed by atoms with Crippen LogP contribution in [0.25, 0.3) is 0 Å². The molecule has 3 fully saturated rings. The van der Waals surface area contributed by atoms with Crippen LogP contribution in [0.1, 0.15) is 40.0 Å². The van der Waals surface area contributed by atoms with E-state index in [1.54, 1.807) is 32.5 Å². The zero-order chi connectivity index (χ0) is 22.9. The molecular formula is C24H34N2O6. The average molecular weight is 447 g/mol. The van der Waals surface area contributed by atoms with Crippen molar-refractivity contribution in [3.8, 4) is 5.88 Å². The van der Waals surface area contributed by atoms with Gasteiger partial charge in [-0.2, -0.15) is 0 Å². The molecule has 0 bridgehead atoms. The highest BCUT2D eigenvalue weighted by molar-refractivity contribution is 5.75. The summed E-state index contributed by atoms with van der Waals surface area (Å²) in [6.07, 6.45) is 5.74. The van der Waals surface area contributed by atoms with Gasteiger partial charge in [0.1, 0.15) is 30.0 Å². The molecule has 1 spiro atoms. The zero-order valence-electron chi connectivity index (χ0n) is 19.6. The van der Waals surface area contributed by atoms with Crippen molar-refractivity contribution in [2.75, 3.05) is 32.7 Å². The summed E-state index contributed by atoms with van der Waals surface area (Å²) in [6, 6.07) is 3.54. The molecule has 1 aliphatic carbocycles. The molecule has 176 valence electrons. The third kappa shape index (κ3) is 4.63. The minimum atomic E-state index is -0.346. The molecule has 1 unspecified atom stereocenters. The van der Waals surface area contributed by atoms with Crippen LogP contribution in [0, 0.1) is 5.92 Å². The number of nitrogens with one attached hydrogen (secondary N) is 1. The highest BCUT2D eigenvalue weighted by Gasteiger charge is 2.72. The van der Waals surface area contributed by atoms with Crippen LogP contribution in [0.3, 0.4) is 0 Å². The van der Waals surface area contributed by atoms with Gasteiger partial charge in [0.25, 0.3) is 0 Å². The average Bonchev–Trinajstić information content (AvgIpc) is 3.69. The van der Waals surface area contributed by atoms with E-state index in [4.69, 9.17) is 23.7 Å². The molecule has 3 aliphatic rings. The maximum absolute atomic E-state index is 12.6. The van der Waals surface area contributed by atoms with Gasteiger partial charge in [-0.15, -0.1) is 0 Å². The SMILES string of the molecule is COc1ccc(NCC(=O)O[C@@H]2CC[C@]3(CO3)[C@@H]([C@@]3(C)OC3CC=C(C)C)[C@@H]2OC)cn1. The van der Waals surface area contributed by atoms with E-state index in [0.29, 0.717) is 18.9 Å². The maximum atomic E-state index is 12.6. The van der Waals surface area contributed by atoms with Gasteiger partial charge in [0.2, 0.25) is 5.88 Å². The van der Waals surface area contributed by atoms with Gasteiger partial charge in [-0.3, -0.25) is 4.79 Å². The smallest absolute Gasteiger partial charge is 0.325 e. The topological polar surface area (TPSA) is 94.7 Å². The van der Waals surface area contributed by atoms with E-state index in [9.17, 15) is 4.79 Å². The van der Waals surface area contributed by atoms with Gasteiger partial charge < -0.3 is 29.0 Å². The molecular weight excluding hydrogens is 412 g/mol. The van der Waals surface area contributed by atoms with Gasteiger partial charge in [-0.25, -0.2) is 4.98 Å². The Bertz CT molecular complexity index is 849. The number of aromatic nitrogens is 1. The lowest BCUT2D eigenvalue weighted by Gasteiger charge is -2.42. The first-order valence-corrected chi connectivity index (χ1v) is 11.2. The third-order valence-electron chi connectivity index (χ3n) is 6.90. The lowest BCUT2D eigenvalue weighted by atomic mass is 9.68. The quantitative estimate of drug-likeness (QED) is 0.351. The number of hydrogen-bond acceptors (Lipinski definition) is 8. The predicted octanol–water partition coefficient (Wildman–Crippen LogP) is 3.12. The van der Waals surface area contributed by atoms with E-state index >= 15 is 0 Å². The van der Waals surface area contributed by atoms with E-state index in [2.05, 4.69) is 37.1 Å². The van der Waals surface area contributed by atoms with Gasteiger partial charge in [-0.1, -0.05) is 11.6 Å². The summed E-state index contributed by atoms with van der Waals surface area (Å²) in [5.74, 6) is 0.201. The Balaban J connectivity index is 1.39. The first kappa shape index (κ1) is 23.0. The number of esters is 1. The van der Waals surface area contributed by atoms with Crippen molar-refractivity contribution < 1.29 is 28.5 Å². The van der Waals surface area contributed by atoms with E-state index in [0.717, 1.165) is 18.5 Å². The van der Waals surface area contributed by atoms with Crippen molar-refractivity contribution in [2.45, 2.75) is 69.5 Å². The van der Waals surface area contributed by atoms with E-state index in [1.807, 2.05) is 0 Å². The van der Waals surface area contributed by atoms with Gasteiger partial charge in [-0.05, 0) is 46.1 Å². The second-order valence-electron chi connectivity index (χ2n) is 9.35. The summed E-state index contributed by atoms with van der Waals surface area (Å²) >= 11 is 0. The maximum Gasteiger partial charge on any atom is 0.325 e. The fourth-order valence-electron chi connectivity index (χ4n) is 5.06. The molecule has 3 heterocycles. The van der Waals surface area contributed by atoms with Crippen LogP contribution < -0.4 is 10.1 Å². The van der Waals surface area contributed by atoms with Crippen LogP contribution >= 0.6 is 0 Å². The Morgan fingerprint density at radius 3 is 2.72 bits per heavy atom. The number of hydrogen-bond donors (Lipinski definition) is 1. The summed E-state index contributed by atoms with van der Waals surface area (Å²) in [5, 5.41) is 3.05. The van der Waals surface area contributed by atoms with Crippen LogP contribution in [-0.2, 0) is 23.7 Å². The standard InChI is InChI=1S/C24H34N2O6/c1-15(2)6-8-18-23(3,32-18)22-21(29-5)17(10-11-24(22)14-30-24)31-20(27)13-25-16-7-9-19(28-4)26-12-16/h6-7,9,12,17-18,21-22,25H,8,10-11,13-14H2,1-5H3/t17-,18?,21-,22-,23+,24+/m1/s1. The molecule has 0 radical (unpaired) electrons. The molecule has 1 saturated carbocycles. The number of pyridine rings is 1. The summed E-state index contributed by atoms with van der Waals surface area (Å²) in [7, 11) is 3.24. The molecule has 0 aromatic carbocycles. The Labute approximate surface area is 189 Å². The number of methoxy groups -OCH3 is 2. The van der Waals surface area contributed by atoms with Crippen molar-refractivity contribution in [1.29, 1.82) is 0 Å². The van der Waals surface area contributed by atoms with Crippen LogP contribution in [0.2, 0.25) is 0 Å². The fraction of sp³-hybridized carbons (Fsp3) is 0.667. The van der Waals surface area contributed by atoms with Crippen molar-refractivity contribution in [2.24, 2.45) is 5.92 Å². The second kappa shape index (κ2) is 9.00. The van der Waals surface area contributed by atoms with Crippen molar-refractivity contribution in [3.05, 3.63) is 30.0 Å². The summed E-state index contributed by atoms with van der Waals surface area (Å²) in [6.45, 7) is 7.08. The Morgan fingerprint density at radius 2 is 2.12 bits per heavy atom. The van der Waals surface area contributed by atoms with Gasteiger partial charge in [0.05, 0.1) is 37.6 Å². The first-order valence-electron chi connectivity index (χ1n) is 11.2. The normalized spacial score (nSPS) is 35.2. The highest BCUT2D eigenvalue weighted by Crippen LogP contribution is 2.59. The van der Waals surface area contributed by atoms with Crippen LogP contribution in [0.5, 0.6) is 5.88 Å². The first-order chi connectivity index (χ1) is 15.3. The van der Waals surface area contributed by atoms with Gasteiger partial charge in [0.15, 0.2) is 0 Å². The number of carbonyl (C=O) groups excluding carboxylic acids is 1. The molecule has 0 amide bonds. The predicted molar refractivity (Wildman–Crippen MR) is 119 cm³/mol. The second-order valence-corrected chi connectivity index (χ2v) is 9.35. The number of carbonyl (C=O) groups is 1. The molecule has 1 aromatic heterocycles. The van der Waals surface area contributed by atoms with Crippen molar-refractivity contribution >= 4 is 11.7 Å². The van der Waals surface area contributed by atoms with E-state index < -0.39 is 0 Å². The fourth-order valence-corrected chi connectivity index (χ4v) is 5.06. The zero-order valence-corrected chi connectivity index (χ0v) is 19.6. The molecule has 2 aliphatic heterocycles. The number of nitrogens with zero attached hydrogens (tertiary/aromatic N) is 1. The van der Waals surface area contributed by atoms with Gasteiger partial charge >= 0.3 is 5.97 Å². The molecule has 1 aromatic rings. The summed E-state index contributed by atoms with van der Waals surface area (Å²) < 4.78 is 29.0. The molecule has 1 N–H and O–H groups in total. The van der Waals surface area contributed by atoms with E-state index in [1.165, 1.54) is 5.57 Å². The molecule has 32 heavy (non-hydrogen) atoms. The van der Waals surface area contributed by atoms with E-state index in [-0.39, 0.29) is 47.9 Å².